The smallest absolute Gasteiger partial charge is 0.870 e. The van der Waals surface area contributed by atoms with E-state index >= 15 is 0 Å². The summed E-state index contributed by atoms with van der Waals surface area (Å²) >= 11 is 3.92. The van der Waals surface area contributed by atoms with Gasteiger partial charge in [0.1, 0.15) is 22.4 Å². The molecule has 5 aliphatic rings. The third-order valence-corrected chi connectivity index (χ3v) is 17.0. The number of carbonyl (C=O) groups is 6. The van der Waals surface area contributed by atoms with Gasteiger partial charge >= 0.3 is 55.2 Å². The van der Waals surface area contributed by atoms with Gasteiger partial charge in [-0.25, -0.2) is 44.4 Å². The SMILES string of the molecule is C1CSCCN1.CC(C)(C)OC(=O)N1CCS(=O)(=O)C(C(=O)O)C1.CC(C)(C)OC(=O)N1CCS(=O)(=O)CC1.CC(C)(C)OC(=O)N1CCSCC1.CCOC(=O)C1CN(C(=O)OC(C)(C)C)CCS1(=O)=O.O.[Li+].[OH-]. The van der Waals surface area contributed by atoms with Gasteiger partial charge in [0.25, 0.3) is 0 Å². The van der Waals surface area contributed by atoms with Crippen molar-refractivity contribution < 1.29 is 113 Å². The average molecular weight is 1170 g/mol. The van der Waals surface area contributed by atoms with Gasteiger partial charge in [0.2, 0.25) is 0 Å². The Morgan fingerprint density at radius 1 is 0.520 bits per heavy atom. The van der Waals surface area contributed by atoms with Crippen LogP contribution in [-0.2, 0) is 62.8 Å². The predicted molar refractivity (Wildman–Crippen MR) is 282 cm³/mol. The molecule has 5 heterocycles. The van der Waals surface area contributed by atoms with Crippen LogP contribution in [0.2, 0.25) is 0 Å². The van der Waals surface area contributed by atoms with Gasteiger partial charge in [0.15, 0.2) is 40.0 Å². The first-order chi connectivity index (χ1) is 32.8. The fourth-order valence-corrected chi connectivity index (χ4v) is 11.9. The molecule has 31 heteroatoms. The molecule has 5 N–H and O–H groups in total. The van der Waals surface area contributed by atoms with Crippen LogP contribution in [0, 0.1) is 0 Å². The van der Waals surface area contributed by atoms with E-state index in [1.54, 1.807) is 74.1 Å². The monoisotopic (exact) mass is 1170 g/mol. The van der Waals surface area contributed by atoms with Gasteiger partial charge in [-0.3, -0.25) is 9.59 Å². The van der Waals surface area contributed by atoms with E-state index in [0.717, 1.165) is 29.5 Å². The molecule has 5 fully saturated rings. The zero-order valence-corrected chi connectivity index (χ0v) is 50.3. The van der Waals surface area contributed by atoms with Gasteiger partial charge in [-0.15, -0.1) is 0 Å². The van der Waals surface area contributed by atoms with Crippen LogP contribution in [-0.4, -0.2) is 248 Å². The molecule has 0 radical (unpaired) electrons. The maximum atomic E-state index is 11.9. The molecule has 5 saturated heterocycles. The van der Waals surface area contributed by atoms with E-state index in [1.165, 1.54) is 34.4 Å². The van der Waals surface area contributed by atoms with Gasteiger partial charge in [0, 0.05) is 75.4 Å². The molecular weight excluding hydrogens is 1090 g/mol. The zero-order valence-electron chi connectivity index (χ0n) is 46.3. The summed E-state index contributed by atoms with van der Waals surface area (Å²) < 4.78 is 94.4. The van der Waals surface area contributed by atoms with E-state index in [-0.39, 0.29) is 110 Å². The Kier molecular flexibility index (Phi) is 34.0. The second kappa shape index (κ2) is 33.5. The fourth-order valence-electron chi connectivity index (χ4n) is 6.05. The molecular formula is C44H84LiN5O20S5. The molecule has 75 heavy (non-hydrogen) atoms. The van der Waals surface area contributed by atoms with Crippen LogP contribution in [0.1, 0.15) is 90.0 Å². The Labute approximate surface area is 465 Å². The molecule has 5 aliphatic heterocycles. The number of thioether (sulfide) groups is 2. The van der Waals surface area contributed by atoms with Crippen LogP contribution in [0.15, 0.2) is 0 Å². The Balaban J connectivity index is -0.000000883. The molecule has 0 saturated carbocycles. The number of carboxylic acid groups (broad SMARTS) is 1. The number of esters is 1. The van der Waals surface area contributed by atoms with Crippen LogP contribution in [0.5, 0.6) is 0 Å². The van der Waals surface area contributed by atoms with Crippen molar-refractivity contribution in [1.29, 1.82) is 0 Å². The number of sulfone groups is 3. The van der Waals surface area contributed by atoms with Crippen molar-refractivity contribution in [2.24, 2.45) is 0 Å². The second-order valence-corrected chi connectivity index (χ2v) is 30.1. The van der Waals surface area contributed by atoms with Crippen LogP contribution >= 0.6 is 23.5 Å². The molecule has 0 aromatic carbocycles. The predicted octanol–water partition coefficient (Wildman–Crippen LogP) is -0.364. The molecule has 4 amide bonds. The maximum Gasteiger partial charge on any atom is 1.00 e. The normalized spacial score (nSPS) is 20.9. The van der Waals surface area contributed by atoms with Crippen molar-refractivity contribution in [2.75, 3.05) is 118 Å². The van der Waals surface area contributed by atoms with E-state index in [4.69, 9.17) is 28.8 Å². The standard InChI is InChI=1S/C12H21NO6S.C10H17NO6S.C9H17NO4S.C9H17NO2S.C4H9NS.Li.2H2O/c1-5-18-10(14)9-8-13(6-7-20(9,16)17)11(15)19-12(2,3)4;1-10(2,3)17-9(14)11-4-5-18(15,16)7(6-11)8(12)13;1-9(2,3)14-8(11)10-4-6-15(12,13)7-5-10;1-9(2,3)12-8(11)10-4-6-13-7-5-10;1-3-6-4-2-5-1;;;/h9H,5-8H2,1-4H3;7H,4-6H2,1-3H3,(H,12,13);4-7H2,1-3H3;4-7H2,1-3H3;5H,1-4H2;;2*1H2/q;;;;;+1;;/p-1. The van der Waals surface area contributed by atoms with E-state index < -0.39 is 87.0 Å². The summed E-state index contributed by atoms with van der Waals surface area (Å²) in [5.41, 5.74) is -2.28. The summed E-state index contributed by atoms with van der Waals surface area (Å²) in [6, 6.07) is 0. The zero-order chi connectivity index (χ0) is 55.5. The summed E-state index contributed by atoms with van der Waals surface area (Å²) in [6.45, 7) is 26.8. The van der Waals surface area contributed by atoms with Crippen molar-refractivity contribution in [2.45, 2.75) is 123 Å². The van der Waals surface area contributed by atoms with Crippen molar-refractivity contribution in [3.05, 3.63) is 0 Å². The van der Waals surface area contributed by atoms with Crippen molar-refractivity contribution in [1.82, 2.24) is 24.9 Å². The molecule has 436 valence electrons. The van der Waals surface area contributed by atoms with E-state index in [9.17, 15) is 54.0 Å². The number of amides is 4. The van der Waals surface area contributed by atoms with Gasteiger partial charge in [-0.2, -0.15) is 23.5 Å². The number of hydrogen-bond acceptors (Lipinski definition) is 21. The molecule has 0 aliphatic carbocycles. The molecule has 0 spiro atoms. The van der Waals surface area contributed by atoms with Gasteiger partial charge in [-0.05, 0) is 90.0 Å². The summed E-state index contributed by atoms with van der Waals surface area (Å²) in [4.78, 5) is 74.8. The summed E-state index contributed by atoms with van der Waals surface area (Å²) in [5.74, 6) is 1.85. The number of aliphatic carboxylic acids is 1. The minimum Gasteiger partial charge on any atom is -0.870 e. The summed E-state index contributed by atoms with van der Waals surface area (Å²) in [7, 11) is -10.2. The Hall–Kier alpha value is -2.95. The number of carbonyl (C=O) groups excluding carboxylic acids is 5. The number of rotatable bonds is 3. The molecule has 0 aromatic heterocycles. The first-order valence-electron chi connectivity index (χ1n) is 23.6. The second-order valence-electron chi connectivity index (χ2n) is 20.7. The first-order valence-corrected chi connectivity index (χ1v) is 31.1. The van der Waals surface area contributed by atoms with Crippen LogP contribution < -0.4 is 24.2 Å². The quantitative estimate of drug-likeness (QED) is 0.207. The van der Waals surface area contributed by atoms with E-state index in [1.807, 2.05) is 44.3 Å². The Bertz CT molecular complexity index is 2110. The Morgan fingerprint density at radius 2 is 0.827 bits per heavy atom. The summed E-state index contributed by atoms with van der Waals surface area (Å²) in [5, 5.41) is 9.21. The molecule has 0 bridgehead atoms. The first kappa shape index (κ1) is 76.3. The topological polar surface area (TPSA) is 358 Å². The minimum absolute atomic E-state index is 0. The number of hydrogen-bond donors (Lipinski definition) is 2. The van der Waals surface area contributed by atoms with Gasteiger partial charge < -0.3 is 64.7 Å². The average Bonchev–Trinajstić information content (AvgIpc) is 3.23. The van der Waals surface area contributed by atoms with Crippen molar-refractivity contribution in [3.8, 4) is 0 Å². The fraction of sp³-hybridized carbons (Fsp3) is 0.864. The van der Waals surface area contributed by atoms with Gasteiger partial charge in [0.05, 0.1) is 42.7 Å². The van der Waals surface area contributed by atoms with Crippen LogP contribution in [0.3, 0.4) is 0 Å². The molecule has 0 aromatic rings. The van der Waals surface area contributed by atoms with Crippen LogP contribution in [0.4, 0.5) is 19.2 Å². The van der Waals surface area contributed by atoms with Crippen LogP contribution in [0.25, 0.3) is 0 Å². The number of carboxylic acids is 1. The largest absolute Gasteiger partial charge is 1.00 e. The third kappa shape index (κ3) is 32.5. The molecule has 25 nitrogen and oxygen atoms in total. The molecule has 2 unspecified atom stereocenters. The van der Waals surface area contributed by atoms with E-state index in [2.05, 4.69) is 5.32 Å². The molecule has 5 rings (SSSR count). The molecule has 2 atom stereocenters. The number of nitrogens with one attached hydrogen (secondary N) is 1. The summed E-state index contributed by atoms with van der Waals surface area (Å²) in [6.07, 6.45) is -1.92. The third-order valence-electron chi connectivity index (χ3n) is 9.56. The van der Waals surface area contributed by atoms with Crippen molar-refractivity contribution in [3.63, 3.8) is 0 Å². The maximum absolute atomic E-state index is 11.9. The van der Waals surface area contributed by atoms with Crippen molar-refractivity contribution >= 4 is 89.3 Å². The number of nitrogens with zero attached hydrogens (tertiary/aromatic N) is 4. The Morgan fingerprint density at radius 3 is 1.13 bits per heavy atom. The number of ether oxygens (including phenoxy) is 5. The minimum atomic E-state index is -3.68. The van der Waals surface area contributed by atoms with E-state index in [0.29, 0.717) is 0 Å². The van der Waals surface area contributed by atoms with Gasteiger partial charge in [-0.1, -0.05) is 0 Å².